The van der Waals surface area contributed by atoms with E-state index in [1.54, 1.807) is 25.9 Å². The molecule has 7 heteroatoms. The number of amides is 2. The molecule has 0 aromatic heterocycles. The monoisotopic (exact) mass is 420 g/mol. The molecule has 1 aromatic carbocycles. The molecule has 1 aromatic rings. The van der Waals surface area contributed by atoms with E-state index in [2.05, 4.69) is 0 Å². The summed E-state index contributed by atoms with van der Waals surface area (Å²) in [4.78, 5) is 38.0. The minimum Gasteiger partial charge on any atom is -0.542 e. The second-order valence-corrected chi connectivity index (χ2v) is 6.19. The van der Waals surface area contributed by atoms with Crippen molar-refractivity contribution in [3.8, 4) is 0 Å². The molecule has 2 rings (SSSR count). The maximum absolute atomic E-state index is 12.4. The Balaban J connectivity index is 0.00000312. The van der Waals surface area contributed by atoms with Gasteiger partial charge in [0.2, 0.25) is 5.91 Å². The zero-order valence-electron chi connectivity index (χ0n) is 14.8. The van der Waals surface area contributed by atoms with Crippen LogP contribution in [0.2, 0.25) is 0 Å². The first-order valence-electron chi connectivity index (χ1n) is 8.03. The average molecular weight is 420 g/mol. The third-order valence-electron chi connectivity index (χ3n) is 4.53. The fourth-order valence-electron chi connectivity index (χ4n) is 2.81. The Labute approximate surface area is 173 Å². The first kappa shape index (κ1) is 21.8. The van der Waals surface area contributed by atoms with E-state index < -0.39 is 12.2 Å². The molecule has 0 radical (unpaired) electrons. The van der Waals surface area contributed by atoms with Crippen molar-refractivity contribution in [2.24, 2.45) is 0 Å². The summed E-state index contributed by atoms with van der Waals surface area (Å²) in [6.45, 7) is 1.79. The molecule has 0 N–H and O–H groups in total. The molecule has 1 saturated heterocycles. The van der Waals surface area contributed by atoms with Crippen LogP contribution in [-0.4, -0.2) is 54.3 Å². The first-order valence-corrected chi connectivity index (χ1v) is 8.03. The van der Waals surface area contributed by atoms with E-state index in [-0.39, 0.29) is 63.5 Å². The number of carbonyl (C=O) groups is 2. The van der Waals surface area contributed by atoms with Crippen LogP contribution in [0.25, 0.3) is 0 Å². The molecule has 3 unspecified atom stereocenters. The molecule has 1 aliphatic heterocycles. The van der Waals surface area contributed by atoms with Crippen molar-refractivity contribution in [1.82, 2.24) is 9.80 Å². The first-order chi connectivity index (χ1) is 11.4. The number of rotatable bonds is 6. The summed E-state index contributed by atoms with van der Waals surface area (Å²) >= 11 is 0. The van der Waals surface area contributed by atoms with Crippen molar-refractivity contribution in [1.29, 1.82) is 0 Å². The van der Waals surface area contributed by atoms with E-state index in [0.29, 0.717) is 6.42 Å². The number of nitrogens with zero attached hydrogens (tertiary/aromatic N) is 2. The van der Waals surface area contributed by atoms with E-state index in [1.165, 1.54) is 4.90 Å². The molecule has 1 heterocycles. The summed E-state index contributed by atoms with van der Waals surface area (Å²) in [6, 6.07) is 9.37. The minimum absolute atomic E-state index is 0. The van der Waals surface area contributed by atoms with Crippen LogP contribution in [0.15, 0.2) is 30.3 Å². The van der Waals surface area contributed by atoms with Gasteiger partial charge in [-0.1, -0.05) is 30.3 Å². The molecule has 1 fully saturated rings. The van der Waals surface area contributed by atoms with Crippen molar-refractivity contribution in [3.63, 3.8) is 0 Å². The molecular formula is C18H23N2O4Y+2. The smallest absolute Gasteiger partial charge is 0.542 e. The van der Waals surface area contributed by atoms with Crippen LogP contribution in [0.4, 0.5) is 4.79 Å². The van der Waals surface area contributed by atoms with Crippen molar-refractivity contribution < 1.29 is 51.8 Å². The van der Waals surface area contributed by atoms with Crippen molar-refractivity contribution in [2.45, 2.75) is 44.4 Å². The quantitative estimate of drug-likeness (QED) is 0.663. The number of hydrogen-bond acceptors (Lipinski definition) is 4. The molecule has 0 bridgehead atoms. The van der Waals surface area contributed by atoms with Gasteiger partial charge in [-0.3, -0.25) is 11.1 Å². The Morgan fingerprint density at radius 2 is 2.04 bits per heavy atom. The minimum atomic E-state index is -0.471. The van der Waals surface area contributed by atoms with Crippen LogP contribution in [0.3, 0.4) is 0 Å². The van der Waals surface area contributed by atoms with Gasteiger partial charge in [-0.05, 0) is 12.5 Å². The predicted molar refractivity (Wildman–Crippen MR) is 89.0 cm³/mol. The summed E-state index contributed by atoms with van der Waals surface area (Å²) in [7, 11) is 3.35. The topological polar surface area (TPSA) is 66.9 Å². The van der Waals surface area contributed by atoms with Crippen molar-refractivity contribution in [3.05, 3.63) is 35.9 Å². The van der Waals surface area contributed by atoms with E-state index in [9.17, 15) is 14.4 Å². The fraction of sp³-hybridized carbons (Fsp3) is 0.500. The van der Waals surface area contributed by atoms with E-state index in [0.717, 1.165) is 5.56 Å². The van der Waals surface area contributed by atoms with Gasteiger partial charge in [-0.15, -0.1) is 6.42 Å². The van der Waals surface area contributed by atoms with Gasteiger partial charge in [0.25, 0.3) is 0 Å². The molecule has 25 heavy (non-hydrogen) atoms. The fourth-order valence-corrected chi connectivity index (χ4v) is 2.81. The number of ether oxygens (including phenoxy) is 1. The van der Waals surface area contributed by atoms with Crippen LogP contribution in [0.5, 0.6) is 0 Å². The molecule has 0 saturated carbocycles. The summed E-state index contributed by atoms with van der Waals surface area (Å²) in [5, 5.41) is 0. The summed E-state index contributed by atoms with van der Waals surface area (Å²) in [5.74, 6) is -0.146. The summed E-state index contributed by atoms with van der Waals surface area (Å²) < 4.78 is 5.37. The number of cyclic esters (lactones) is 1. The molecule has 2 amide bonds. The molecule has 1 aliphatic rings. The van der Waals surface area contributed by atoms with Crippen molar-refractivity contribution >= 4 is 18.3 Å². The molecule has 130 valence electrons. The Hall–Kier alpha value is -1.27. The van der Waals surface area contributed by atoms with Crippen molar-refractivity contribution in [2.75, 3.05) is 14.1 Å². The van der Waals surface area contributed by atoms with Crippen LogP contribution in [0.1, 0.15) is 37.8 Å². The summed E-state index contributed by atoms with van der Waals surface area (Å²) in [6.07, 6.45) is 1.75. The third-order valence-corrected chi connectivity index (χ3v) is 4.53. The molecule has 3 atom stereocenters. The molecule has 6 nitrogen and oxygen atoms in total. The predicted octanol–water partition coefficient (Wildman–Crippen LogP) is 2.30. The maximum atomic E-state index is 12.4. The Bertz CT molecular complexity index is 596. The van der Waals surface area contributed by atoms with Gasteiger partial charge in [0.1, 0.15) is 6.10 Å². The Kier molecular flexibility index (Phi) is 8.73. The van der Waals surface area contributed by atoms with Crippen LogP contribution >= 0.6 is 0 Å². The average Bonchev–Trinajstić information content (AvgIpc) is 2.58. The number of benzene rings is 1. The van der Waals surface area contributed by atoms with Crippen LogP contribution in [0, 0.1) is 0 Å². The van der Waals surface area contributed by atoms with Gasteiger partial charge in [0, 0.05) is 26.6 Å². The SMILES string of the molecule is CC(C[C-]=O)N(C)C(=O)CC1CC(c2ccccc2)N(C)C(=O)O1.[Y+3]. The van der Waals surface area contributed by atoms with Crippen LogP contribution in [-0.2, 0) is 47.0 Å². The van der Waals surface area contributed by atoms with Gasteiger partial charge >= 0.3 is 38.8 Å². The third kappa shape index (κ3) is 5.61. The van der Waals surface area contributed by atoms with Gasteiger partial charge < -0.3 is 19.3 Å². The number of hydrogen-bond donors (Lipinski definition) is 0. The largest absolute Gasteiger partial charge is 3.00 e. The molecular weight excluding hydrogens is 397 g/mol. The standard InChI is InChI=1S/C18H23N2O4.Y/c1-13(9-10-21)19(2)17(22)12-15-11-16(20(3)18(23)24-15)14-7-5-4-6-8-14;/h4-8,13,15-16H,9,11-12H2,1-3H3;/q-1;+3. The van der Waals surface area contributed by atoms with Gasteiger partial charge in [0.05, 0.1) is 12.5 Å². The zero-order chi connectivity index (χ0) is 17.7. The zero-order valence-corrected chi connectivity index (χ0v) is 17.7. The van der Waals surface area contributed by atoms with E-state index in [4.69, 9.17) is 4.74 Å². The molecule has 0 spiro atoms. The second-order valence-electron chi connectivity index (χ2n) is 6.19. The van der Waals surface area contributed by atoms with Gasteiger partial charge in [-0.25, -0.2) is 4.79 Å². The number of carbonyl (C=O) groups excluding carboxylic acids is 3. The van der Waals surface area contributed by atoms with E-state index in [1.807, 2.05) is 36.6 Å². The van der Waals surface area contributed by atoms with Gasteiger partial charge in [-0.2, -0.15) is 0 Å². The Morgan fingerprint density at radius 3 is 2.64 bits per heavy atom. The normalized spacial score (nSPS) is 20.9. The Morgan fingerprint density at radius 1 is 1.40 bits per heavy atom. The van der Waals surface area contributed by atoms with Gasteiger partial charge in [0.15, 0.2) is 0 Å². The second kappa shape index (κ2) is 10.0. The van der Waals surface area contributed by atoms with E-state index >= 15 is 0 Å². The van der Waals surface area contributed by atoms with Crippen LogP contribution < -0.4 is 0 Å². The molecule has 0 aliphatic carbocycles. The summed E-state index contributed by atoms with van der Waals surface area (Å²) in [5.41, 5.74) is 1.02. The maximum Gasteiger partial charge on any atom is 3.00 e.